The van der Waals surface area contributed by atoms with E-state index in [2.05, 4.69) is 17.5 Å². The number of anilines is 1. The van der Waals surface area contributed by atoms with Crippen molar-refractivity contribution in [2.45, 2.75) is 18.4 Å². The number of allylic oxidation sites excluding steroid dienone is 2. The fourth-order valence-electron chi connectivity index (χ4n) is 3.86. The van der Waals surface area contributed by atoms with Crippen LogP contribution in [0.15, 0.2) is 48.6 Å². The summed E-state index contributed by atoms with van der Waals surface area (Å²) in [6.45, 7) is 0. The molecule has 0 saturated heterocycles. The van der Waals surface area contributed by atoms with E-state index < -0.39 is 5.97 Å². The highest BCUT2D eigenvalue weighted by Crippen LogP contribution is 2.51. The van der Waals surface area contributed by atoms with E-state index >= 15 is 0 Å². The molecule has 2 aliphatic rings. The summed E-state index contributed by atoms with van der Waals surface area (Å²) < 4.78 is 0. The fraction of sp³-hybridized carbons (Fsp3) is 0.211. The maximum absolute atomic E-state index is 11.5. The molecule has 0 fully saturated rings. The van der Waals surface area contributed by atoms with Gasteiger partial charge >= 0.3 is 0 Å². The van der Waals surface area contributed by atoms with Gasteiger partial charge in [0.15, 0.2) is 0 Å². The highest BCUT2D eigenvalue weighted by molar-refractivity contribution is 6.42. The first-order valence-corrected chi connectivity index (χ1v) is 8.55. The number of rotatable bonds is 2. The smallest absolute Gasteiger partial charge is 0.0736 e. The van der Waals surface area contributed by atoms with Gasteiger partial charge < -0.3 is 15.2 Å². The molecule has 2 aromatic carbocycles. The third-order valence-electron chi connectivity index (χ3n) is 4.93. The van der Waals surface area contributed by atoms with E-state index in [1.54, 1.807) is 18.2 Å². The number of carboxylic acids is 1. The molecule has 1 aliphatic heterocycles. The summed E-state index contributed by atoms with van der Waals surface area (Å²) >= 11 is 12.6. The van der Waals surface area contributed by atoms with Crippen molar-refractivity contribution in [2.75, 3.05) is 5.32 Å². The molecule has 2 aromatic rings. The van der Waals surface area contributed by atoms with Crippen molar-refractivity contribution in [2.24, 2.45) is 5.92 Å². The normalized spacial score (nSPS) is 24.2. The van der Waals surface area contributed by atoms with Crippen LogP contribution in [0.3, 0.4) is 0 Å². The third kappa shape index (κ3) is 2.31. The highest BCUT2D eigenvalue weighted by Gasteiger charge is 2.39. The number of fused-ring (bicyclic) bond motifs is 3. The lowest BCUT2D eigenvalue weighted by Crippen LogP contribution is -2.32. The van der Waals surface area contributed by atoms with E-state index in [1.807, 2.05) is 18.2 Å². The van der Waals surface area contributed by atoms with Crippen molar-refractivity contribution in [3.8, 4) is 0 Å². The van der Waals surface area contributed by atoms with E-state index in [9.17, 15) is 9.90 Å². The molecule has 3 nitrogen and oxygen atoms in total. The monoisotopic (exact) mass is 358 g/mol. The summed E-state index contributed by atoms with van der Waals surface area (Å²) in [5, 5.41) is 15.9. The Morgan fingerprint density at radius 1 is 1.12 bits per heavy atom. The number of carbonyl (C=O) groups is 1. The molecule has 1 heterocycles. The predicted octanol–water partition coefficient (Wildman–Crippen LogP) is 4.18. The average molecular weight is 359 g/mol. The molecule has 3 atom stereocenters. The molecular weight excluding hydrogens is 345 g/mol. The van der Waals surface area contributed by atoms with Gasteiger partial charge in [-0.3, -0.25) is 0 Å². The summed E-state index contributed by atoms with van der Waals surface area (Å²) in [5.74, 6) is -0.762. The van der Waals surface area contributed by atoms with E-state index in [-0.39, 0.29) is 23.4 Å². The largest absolute Gasteiger partial charge is 0.545 e. The molecule has 122 valence electrons. The van der Waals surface area contributed by atoms with Gasteiger partial charge in [0.05, 0.1) is 22.1 Å². The Labute approximate surface area is 149 Å². The van der Waals surface area contributed by atoms with E-state index in [4.69, 9.17) is 23.2 Å². The second-order valence-electron chi connectivity index (χ2n) is 6.18. The molecule has 1 aliphatic carbocycles. The van der Waals surface area contributed by atoms with Gasteiger partial charge in [-0.25, -0.2) is 0 Å². The summed E-state index contributed by atoms with van der Waals surface area (Å²) in [5.41, 5.74) is 2.67. The minimum atomic E-state index is -1.18. The Morgan fingerprint density at radius 3 is 2.67 bits per heavy atom. The van der Waals surface area contributed by atoms with Crippen LogP contribution in [-0.4, -0.2) is 5.97 Å². The molecule has 24 heavy (non-hydrogen) atoms. The second kappa shape index (κ2) is 5.83. The zero-order valence-corrected chi connectivity index (χ0v) is 14.1. The van der Waals surface area contributed by atoms with Gasteiger partial charge in [0.1, 0.15) is 0 Å². The van der Waals surface area contributed by atoms with Crippen LogP contribution in [0.4, 0.5) is 5.69 Å². The number of benzene rings is 2. The van der Waals surface area contributed by atoms with Crippen molar-refractivity contribution in [1.82, 2.24) is 0 Å². The van der Waals surface area contributed by atoms with Crippen LogP contribution in [0.5, 0.6) is 0 Å². The summed E-state index contributed by atoms with van der Waals surface area (Å²) in [6.07, 6.45) is 5.19. The van der Waals surface area contributed by atoms with Gasteiger partial charge in [0.25, 0.3) is 0 Å². The predicted molar refractivity (Wildman–Crippen MR) is 93.6 cm³/mol. The maximum atomic E-state index is 11.5. The Bertz CT molecular complexity index is 862. The number of para-hydroxylation sites is 1. The van der Waals surface area contributed by atoms with Gasteiger partial charge in [-0.15, -0.1) is 0 Å². The summed E-state index contributed by atoms with van der Waals surface area (Å²) in [6, 6.07) is 10.7. The Hall–Kier alpha value is -1.97. The summed E-state index contributed by atoms with van der Waals surface area (Å²) in [7, 11) is 0. The zero-order valence-electron chi connectivity index (χ0n) is 12.6. The SMILES string of the molecule is O=C([O-])c1cccc2c1N[C@H](c1cccc(Cl)c1Cl)[C@H]1CC=C[C@H]21. The van der Waals surface area contributed by atoms with Crippen molar-refractivity contribution in [1.29, 1.82) is 0 Å². The first-order valence-electron chi connectivity index (χ1n) is 7.79. The average Bonchev–Trinajstić information content (AvgIpc) is 3.06. The first kappa shape index (κ1) is 15.6. The number of carboxylic acid groups (broad SMARTS) is 1. The molecule has 5 heteroatoms. The van der Waals surface area contributed by atoms with E-state index in [0.717, 1.165) is 17.5 Å². The zero-order chi connectivity index (χ0) is 16.8. The van der Waals surface area contributed by atoms with Crippen molar-refractivity contribution >= 4 is 34.9 Å². The highest BCUT2D eigenvalue weighted by atomic mass is 35.5. The van der Waals surface area contributed by atoms with Crippen molar-refractivity contribution < 1.29 is 9.90 Å². The lowest BCUT2D eigenvalue weighted by atomic mass is 9.76. The number of aromatic carboxylic acids is 1. The fourth-order valence-corrected chi connectivity index (χ4v) is 4.29. The number of nitrogens with one attached hydrogen (secondary N) is 1. The summed E-state index contributed by atoms with van der Waals surface area (Å²) in [4.78, 5) is 11.5. The molecule has 0 amide bonds. The molecule has 1 N–H and O–H groups in total. The molecule has 0 spiro atoms. The van der Waals surface area contributed by atoms with Crippen LogP contribution < -0.4 is 10.4 Å². The number of halogens is 2. The molecule has 0 unspecified atom stereocenters. The number of hydrogen-bond acceptors (Lipinski definition) is 3. The van der Waals surface area contributed by atoms with Gasteiger partial charge in [-0.2, -0.15) is 0 Å². The topological polar surface area (TPSA) is 52.2 Å². The van der Waals surface area contributed by atoms with Crippen LogP contribution in [0.1, 0.15) is 39.9 Å². The molecule has 4 rings (SSSR count). The van der Waals surface area contributed by atoms with Crippen molar-refractivity contribution in [3.05, 3.63) is 75.3 Å². The molecule has 0 radical (unpaired) electrons. The Balaban J connectivity index is 1.88. The molecule has 0 saturated carbocycles. The van der Waals surface area contributed by atoms with Gasteiger partial charge in [-0.05, 0) is 29.5 Å². The van der Waals surface area contributed by atoms with Gasteiger partial charge in [0.2, 0.25) is 0 Å². The quantitative estimate of drug-likeness (QED) is 0.819. The molecular formula is C19H14Cl2NO2-. The first-order chi connectivity index (χ1) is 11.6. The van der Waals surface area contributed by atoms with Crippen molar-refractivity contribution in [3.63, 3.8) is 0 Å². The maximum Gasteiger partial charge on any atom is 0.0736 e. The second-order valence-corrected chi connectivity index (χ2v) is 6.96. The van der Waals surface area contributed by atoms with Crippen LogP contribution in [0.25, 0.3) is 0 Å². The lowest BCUT2D eigenvalue weighted by Gasteiger charge is -2.39. The lowest BCUT2D eigenvalue weighted by molar-refractivity contribution is -0.254. The molecule has 0 aromatic heterocycles. The van der Waals surface area contributed by atoms with Crippen LogP contribution in [-0.2, 0) is 0 Å². The minimum absolute atomic E-state index is 0.107. The van der Waals surface area contributed by atoms with Gasteiger partial charge in [-0.1, -0.05) is 65.7 Å². The minimum Gasteiger partial charge on any atom is -0.545 e. The number of carbonyl (C=O) groups excluding carboxylic acids is 1. The van der Waals surface area contributed by atoms with E-state index in [0.29, 0.717) is 15.7 Å². The Kier molecular flexibility index (Phi) is 3.78. The van der Waals surface area contributed by atoms with Crippen LogP contribution >= 0.6 is 23.2 Å². The van der Waals surface area contributed by atoms with E-state index in [1.165, 1.54) is 0 Å². The molecule has 0 bridgehead atoms. The Morgan fingerprint density at radius 2 is 1.88 bits per heavy atom. The van der Waals surface area contributed by atoms with Crippen LogP contribution in [0.2, 0.25) is 10.0 Å². The third-order valence-corrected chi connectivity index (χ3v) is 5.77. The van der Waals surface area contributed by atoms with Gasteiger partial charge in [0, 0.05) is 17.2 Å². The van der Waals surface area contributed by atoms with Crippen LogP contribution in [0, 0.1) is 5.92 Å². The standard InChI is InChI=1S/C19H15Cl2NO2/c20-15-9-3-7-13(16(15)21)17-11-5-1-4-10(11)12-6-2-8-14(19(23)24)18(12)22-17/h1-4,6-11,17,22H,5H2,(H,23,24)/p-1/t10-,11-,17-/m0/s1. The number of hydrogen-bond donors (Lipinski definition) is 1.